The summed E-state index contributed by atoms with van der Waals surface area (Å²) < 4.78 is 26.4. The molecule has 132 valence electrons. The van der Waals surface area contributed by atoms with E-state index < -0.39 is 11.6 Å². The second-order valence-corrected chi connectivity index (χ2v) is 6.08. The van der Waals surface area contributed by atoms with Crippen molar-refractivity contribution in [1.82, 2.24) is 19.9 Å². The number of nitrogens with zero attached hydrogens (tertiary/aromatic N) is 5. The van der Waals surface area contributed by atoms with Crippen LogP contribution in [-0.4, -0.2) is 45.4 Å². The molecule has 0 aliphatic carbocycles. The lowest BCUT2D eigenvalue weighted by molar-refractivity contribution is -0.131. The summed E-state index contributed by atoms with van der Waals surface area (Å²) in [5, 5.41) is 0.837. The molecule has 1 amide bonds. The summed E-state index contributed by atoms with van der Waals surface area (Å²) in [6, 6.07) is 5.51. The first-order valence-electron chi connectivity index (χ1n) is 8.13. The highest BCUT2D eigenvalue weighted by Gasteiger charge is 2.26. The van der Waals surface area contributed by atoms with Gasteiger partial charge in [-0.2, -0.15) is 0 Å². The minimum Gasteiger partial charge on any atom is -0.345 e. The molecular formula is C18H15F2N5O. The minimum atomic E-state index is -0.908. The van der Waals surface area contributed by atoms with Gasteiger partial charge in [0.2, 0.25) is 5.91 Å². The van der Waals surface area contributed by atoms with Crippen LogP contribution in [0.15, 0.2) is 43.0 Å². The third kappa shape index (κ3) is 3.05. The SMILES string of the molecule is O=C1CN(c2ncnc3cnccc23)CCN1Cc1ccc(F)c(F)c1. The molecule has 6 nitrogen and oxygen atoms in total. The molecule has 0 N–H and O–H groups in total. The predicted molar refractivity (Wildman–Crippen MR) is 91.3 cm³/mol. The van der Waals surface area contributed by atoms with E-state index in [2.05, 4.69) is 15.0 Å². The summed E-state index contributed by atoms with van der Waals surface area (Å²) in [7, 11) is 0. The molecule has 1 aromatic carbocycles. The van der Waals surface area contributed by atoms with Crippen molar-refractivity contribution >= 4 is 22.6 Å². The lowest BCUT2D eigenvalue weighted by Crippen LogP contribution is -2.50. The number of aromatic nitrogens is 3. The zero-order chi connectivity index (χ0) is 18.1. The van der Waals surface area contributed by atoms with E-state index in [1.165, 1.54) is 12.4 Å². The number of pyridine rings is 1. The molecule has 1 fully saturated rings. The summed E-state index contributed by atoms with van der Waals surface area (Å²) in [4.78, 5) is 28.6. The van der Waals surface area contributed by atoms with Crippen LogP contribution in [0.3, 0.4) is 0 Å². The fourth-order valence-electron chi connectivity index (χ4n) is 3.06. The van der Waals surface area contributed by atoms with Gasteiger partial charge in [-0.25, -0.2) is 18.7 Å². The van der Waals surface area contributed by atoms with Crippen molar-refractivity contribution in [3.8, 4) is 0 Å². The minimum absolute atomic E-state index is 0.0956. The summed E-state index contributed by atoms with van der Waals surface area (Å²) in [6.07, 6.45) is 4.77. The molecule has 0 radical (unpaired) electrons. The molecule has 4 rings (SSSR count). The first-order valence-corrected chi connectivity index (χ1v) is 8.13. The van der Waals surface area contributed by atoms with Crippen LogP contribution in [-0.2, 0) is 11.3 Å². The molecule has 0 bridgehead atoms. The van der Waals surface area contributed by atoms with Crippen LogP contribution >= 0.6 is 0 Å². The average Bonchev–Trinajstić information content (AvgIpc) is 2.66. The number of carbonyl (C=O) groups is 1. The Hall–Kier alpha value is -3.16. The Balaban J connectivity index is 1.51. The molecule has 3 aromatic rings. The number of piperazine rings is 1. The van der Waals surface area contributed by atoms with E-state index in [0.717, 1.165) is 17.5 Å². The fourth-order valence-corrected chi connectivity index (χ4v) is 3.06. The monoisotopic (exact) mass is 355 g/mol. The first-order chi connectivity index (χ1) is 12.6. The number of halogens is 2. The number of hydrogen-bond acceptors (Lipinski definition) is 5. The van der Waals surface area contributed by atoms with Crippen molar-refractivity contribution in [2.45, 2.75) is 6.54 Å². The van der Waals surface area contributed by atoms with Crippen LogP contribution in [0.25, 0.3) is 10.9 Å². The van der Waals surface area contributed by atoms with Crippen LogP contribution in [0.5, 0.6) is 0 Å². The van der Waals surface area contributed by atoms with E-state index >= 15 is 0 Å². The fraction of sp³-hybridized carbons (Fsp3) is 0.222. The van der Waals surface area contributed by atoms with Gasteiger partial charge in [0.15, 0.2) is 11.6 Å². The van der Waals surface area contributed by atoms with E-state index in [1.54, 1.807) is 17.3 Å². The topological polar surface area (TPSA) is 62.2 Å². The van der Waals surface area contributed by atoms with Gasteiger partial charge >= 0.3 is 0 Å². The van der Waals surface area contributed by atoms with Gasteiger partial charge in [-0.3, -0.25) is 9.78 Å². The summed E-state index contributed by atoms with van der Waals surface area (Å²) in [5.41, 5.74) is 1.28. The van der Waals surface area contributed by atoms with E-state index in [-0.39, 0.29) is 19.0 Å². The van der Waals surface area contributed by atoms with Gasteiger partial charge in [0.1, 0.15) is 12.1 Å². The molecule has 26 heavy (non-hydrogen) atoms. The van der Waals surface area contributed by atoms with Gasteiger partial charge in [-0.1, -0.05) is 6.07 Å². The quantitative estimate of drug-likeness (QED) is 0.720. The molecule has 0 saturated carbocycles. The Morgan fingerprint density at radius 3 is 2.77 bits per heavy atom. The number of anilines is 1. The largest absolute Gasteiger partial charge is 0.345 e. The van der Waals surface area contributed by atoms with E-state index in [9.17, 15) is 13.6 Å². The van der Waals surface area contributed by atoms with Gasteiger partial charge in [0.25, 0.3) is 0 Å². The lowest BCUT2D eigenvalue weighted by Gasteiger charge is -2.35. The van der Waals surface area contributed by atoms with E-state index in [4.69, 9.17) is 0 Å². The normalized spacial score (nSPS) is 14.9. The van der Waals surface area contributed by atoms with Gasteiger partial charge in [-0.15, -0.1) is 0 Å². The molecular weight excluding hydrogens is 340 g/mol. The predicted octanol–water partition coefficient (Wildman–Crippen LogP) is 2.15. The summed E-state index contributed by atoms with van der Waals surface area (Å²) in [5.74, 6) is -1.20. The van der Waals surface area contributed by atoms with E-state index in [1.807, 2.05) is 11.0 Å². The van der Waals surface area contributed by atoms with Crippen LogP contribution in [0, 0.1) is 11.6 Å². The zero-order valence-electron chi connectivity index (χ0n) is 13.8. The van der Waals surface area contributed by atoms with Crippen LogP contribution in [0.2, 0.25) is 0 Å². The molecule has 1 aliphatic rings. The Morgan fingerprint density at radius 2 is 1.96 bits per heavy atom. The Bertz CT molecular complexity index is 975. The maximum Gasteiger partial charge on any atom is 0.242 e. The van der Waals surface area contributed by atoms with Crippen molar-refractivity contribution in [3.63, 3.8) is 0 Å². The number of fused-ring (bicyclic) bond motifs is 1. The third-order valence-corrected chi connectivity index (χ3v) is 4.39. The summed E-state index contributed by atoms with van der Waals surface area (Å²) >= 11 is 0. The van der Waals surface area contributed by atoms with Crippen LogP contribution in [0.4, 0.5) is 14.6 Å². The number of hydrogen-bond donors (Lipinski definition) is 0. The molecule has 1 aliphatic heterocycles. The number of rotatable bonds is 3. The maximum atomic E-state index is 13.4. The highest BCUT2D eigenvalue weighted by molar-refractivity contribution is 5.91. The first kappa shape index (κ1) is 16.3. The molecule has 3 heterocycles. The lowest BCUT2D eigenvalue weighted by atomic mass is 10.1. The van der Waals surface area contributed by atoms with Crippen molar-refractivity contribution < 1.29 is 13.6 Å². The van der Waals surface area contributed by atoms with Gasteiger partial charge in [-0.05, 0) is 23.8 Å². The zero-order valence-corrected chi connectivity index (χ0v) is 13.8. The van der Waals surface area contributed by atoms with Gasteiger partial charge in [0, 0.05) is 31.2 Å². The molecule has 0 spiro atoms. The smallest absolute Gasteiger partial charge is 0.242 e. The third-order valence-electron chi connectivity index (χ3n) is 4.39. The number of amides is 1. The molecule has 8 heteroatoms. The molecule has 0 atom stereocenters. The van der Waals surface area contributed by atoms with Crippen molar-refractivity contribution in [2.24, 2.45) is 0 Å². The number of benzene rings is 1. The van der Waals surface area contributed by atoms with Crippen LogP contribution in [0.1, 0.15) is 5.56 Å². The summed E-state index contributed by atoms with van der Waals surface area (Å²) in [6.45, 7) is 1.47. The highest BCUT2D eigenvalue weighted by atomic mass is 19.2. The van der Waals surface area contributed by atoms with Crippen molar-refractivity contribution in [1.29, 1.82) is 0 Å². The second kappa shape index (κ2) is 6.62. The van der Waals surface area contributed by atoms with E-state index in [0.29, 0.717) is 30.0 Å². The number of carbonyl (C=O) groups excluding carboxylic acids is 1. The van der Waals surface area contributed by atoms with Crippen molar-refractivity contribution in [2.75, 3.05) is 24.5 Å². The molecule has 0 unspecified atom stereocenters. The van der Waals surface area contributed by atoms with Gasteiger partial charge < -0.3 is 9.80 Å². The van der Waals surface area contributed by atoms with Crippen LogP contribution < -0.4 is 4.90 Å². The average molecular weight is 355 g/mol. The maximum absolute atomic E-state index is 13.4. The molecule has 1 saturated heterocycles. The Labute approximate surface area is 148 Å². The second-order valence-electron chi connectivity index (χ2n) is 6.08. The highest BCUT2D eigenvalue weighted by Crippen LogP contribution is 2.23. The standard InChI is InChI=1S/C18H15F2N5O/c19-14-2-1-12(7-15(14)20)9-24-5-6-25(10-17(24)26)18-13-3-4-21-8-16(13)22-11-23-18/h1-4,7-8,11H,5-6,9-10H2. The van der Waals surface area contributed by atoms with Gasteiger partial charge in [0.05, 0.1) is 18.3 Å². The Morgan fingerprint density at radius 1 is 1.08 bits per heavy atom. The molecule has 2 aromatic heterocycles. The van der Waals surface area contributed by atoms with Crippen molar-refractivity contribution in [3.05, 3.63) is 60.2 Å². The Kier molecular flexibility index (Phi) is 4.16.